The number of thiazole rings is 1. The molecule has 2 nitrogen and oxygen atoms in total. The molecular formula is C9H4BrClFNOS. The van der Waals surface area contributed by atoms with Crippen LogP contribution in [0, 0.1) is 5.82 Å². The minimum absolute atomic E-state index is 0.223. The Hall–Kier alpha value is -0.650. The highest BCUT2D eigenvalue weighted by Gasteiger charge is 2.07. The number of hydrogen-bond acceptors (Lipinski definition) is 3. The van der Waals surface area contributed by atoms with Gasteiger partial charge in [0, 0.05) is 5.38 Å². The van der Waals surface area contributed by atoms with Crippen LogP contribution in [0.25, 0.3) is 0 Å². The maximum Gasteiger partial charge on any atom is 0.279 e. The molecule has 0 aliphatic rings. The molecule has 0 saturated heterocycles. The molecule has 2 rings (SSSR count). The van der Waals surface area contributed by atoms with E-state index < -0.39 is 5.82 Å². The van der Waals surface area contributed by atoms with Crippen LogP contribution in [0.3, 0.4) is 0 Å². The number of hydrogen-bond donors (Lipinski definition) is 0. The molecule has 0 fully saturated rings. The van der Waals surface area contributed by atoms with E-state index in [1.165, 1.54) is 29.5 Å². The summed E-state index contributed by atoms with van der Waals surface area (Å²) in [7, 11) is 0. The topological polar surface area (TPSA) is 22.1 Å². The molecule has 0 N–H and O–H groups in total. The van der Waals surface area contributed by atoms with Gasteiger partial charge < -0.3 is 4.74 Å². The van der Waals surface area contributed by atoms with Crippen LogP contribution in [0.1, 0.15) is 0 Å². The molecule has 0 aliphatic heterocycles. The molecule has 0 unspecified atom stereocenters. The zero-order valence-corrected chi connectivity index (χ0v) is 10.4. The molecule has 6 heteroatoms. The SMILES string of the molecule is Fc1ccc(Oc2nc(Br)cs2)c(Cl)c1. The van der Waals surface area contributed by atoms with Crippen LogP contribution >= 0.6 is 38.9 Å². The molecule has 1 heterocycles. The number of rotatable bonds is 2. The summed E-state index contributed by atoms with van der Waals surface area (Å²) in [6.45, 7) is 0. The van der Waals surface area contributed by atoms with Crippen molar-refractivity contribution in [3.05, 3.63) is 39.0 Å². The van der Waals surface area contributed by atoms with Gasteiger partial charge in [0.2, 0.25) is 0 Å². The van der Waals surface area contributed by atoms with Gasteiger partial charge in [-0.05, 0) is 34.1 Å². The van der Waals surface area contributed by atoms with Crippen molar-refractivity contribution in [2.45, 2.75) is 0 Å². The third kappa shape index (κ3) is 2.68. The van der Waals surface area contributed by atoms with Crippen molar-refractivity contribution in [1.82, 2.24) is 4.98 Å². The van der Waals surface area contributed by atoms with Gasteiger partial charge in [0.05, 0.1) is 5.02 Å². The van der Waals surface area contributed by atoms with Crippen molar-refractivity contribution >= 4 is 38.9 Å². The van der Waals surface area contributed by atoms with E-state index in [-0.39, 0.29) is 5.02 Å². The zero-order valence-electron chi connectivity index (χ0n) is 7.21. The molecule has 0 spiro atoms. The zero-order chi connectivity index (χ0) is 10.8. The third-order valence-corrected chi connectivity index (χ3v) is 3.27. The lowest BCUT2D eigenvalue weighted by atomic mass is 10.3. The number of nitrogens with zero attached hydrogens (tertiary/aromatic N) is 1. The van der Waals surface area contributed by atoms with Crippen molar-refractivity contribution in [2.24, 2.45) is 0 Å². The molecule has 1 aromatic carbocycles. The van der Waals surface area contributed by atoms with E-state index in [2.05, 4.69) is 20.9 Å². The molecule has 0 atom stereocenters. The Kier molecular flexibility index (Phi) is 3.23. The average Bonchev–Trinajstić information content (AvgIpc) is 2.56. The van der Waals surface area contributed by atoms with E-state index in [0.717, 1.165) is 0 Å². The molecule has 0 saturated carbocycles. The monoisotopic (exact) mass is 307 g/mol. The quantitative estimate of drug-likeness (QED) is 0.815. The second kappa shape index (κ2) is 4.47. The van der Waals surface area contributed by atoms with Crippen LogP contribution in [-0.2, 0) is 0 Å². The summed E-state index contributed by atoms with van der Waals surface area (Å²) in [5.74, 6) is -0.00686. The molecule has 0 bridgehead atoms. The minimum atomic E-state index is -0.396. The van der Waals surface area contributed by atoms with Crippen molar-refractivity contribution in [1.29, 1.82) is 0 Å². The summed E-state index contributed by atoms with van der Waals surface area (Å²) in [6.07, 6.45) is 0. The fourth-order valence-corrected chi connectivity index (χ4v) is 2.24. The molecule has 0 amide bonds. The highest BCUT2D eigenvalue weighted by atomic mass is 79.9. The standard InChI is InChI=1S/C9H4BrClFNOS/c10-8-4-15-9(13-8)14-7-2-1-5(12)3-6(7)11/h1-4H. The largest absolute Gasteiger partial charge is 0.429 e. The number of ether oxygens (including phenoxy) is 1. The van der Waals surface area contributed by atoms with E-state index >= 15 is 0 Å². The first-order chi connectivity index (χ1) is 7.15. The fraction of sp³-hybridized carbons (Fsp3) is 0. The van der Waals surface area contributed by atoms with Crippen LogP contribution in [0.15, 0.2) is 28.2 Å². The van der Waals surface area contributed by atoms with Gasteiger partial charge in [-0.1, -0.05) is 22.9 Å². The van der Waals surface area contributed by atoms with E-state index in [0.29, 0.717) is 15.5 Å². The summed E-state index contributed by atoms with van der Waals surface area (Å²) in [5, 5.41) is 2.46. The maximum absolute atomic E-state index is 12.7. The van der Waals surface area contributed by atoms with Gasteiger partial charge in [0.25, 0.3) is 5.19 Å². The highest BCUT2D eigenvalue weighted by Crippen LogP contribution is 2.32. The van der Waals surface area contributed by atoms with Crippen molar-refractivity contribution < 1.29 is 9.13 Å². The first-order valence-electron chi connectivity index (χ1n) is 3.89. The summed E-state index contributed by atoms with van der Waals surface area (Å²) in [6, 6.07) is 3.94. The van der Waals surface area contributed by atoms with E-state index in [1.807, 2.05) is 0 Å². The van der Waals surface area contributed by atoms with Crippen LogP contribution in [0.2, 0.25) is 5.02 Å². The van der Waals surface area contributed by atoms with Gasteiger partial charge in [-0.2, -0.15) is 4.98 Å². The Morgan fingerprint density at radius 3 is 2.87 bits per heavy atom. The summed E-state index contributed by atoms with van der Waals surface area (Å²) in [5.41, 5.74) is 0. The second-order valence-corrected chi connectivity index (χ2v) is 4.65. The lowest BCUT2D eigenvalue weighted by Gasteiger charge is -2.03. The Balaban J connectivity index is 2.24. The van der Waals surface area contributed by atoms with Gasteiger partial charge in [-0.15, -0.1) is 0 Å². The second-order valence-electron chi connectivity index (χ2n) is 2.61. The molecule has 15 heavy (non-hydrogen) atoms. The maximum atomic E-state index is 12.7. The van der Waals surface area contributed by atoms with E-state index in [4.69, 9.17) is 16.3 Å². The van der Waals surface area contributed by atoms with Gasteiger partial charge in [0.1, 0.15) is 16.2 Å². The normalized spacial score (nSPS) is 10.3. The first-order valence-corrected chi connectivity index (χ1v) is 5.94. The summed E-state index contributed by atoms with van der Waals surface area (Å²) >= 11 is 10.3. The molecular weight excluding hydrogens is 305 g/mol. The van der Waals surface area contributed by atoms with Gasteiger partial charge in [-0.25, -0.2) is 4.39 Å². The lowest BCUT2D eigenvalue weighted by molar-refractivity contribution is 0.476. The predicted octanol–water partition coefficient (Wildman–Crippen LogP) is 4.49. The predicted molar refractivity (Wildman–Crippen MR) is 61.3 cm³/mol. The van der Waals surface area contributed by atoms with Crippen molar-refractivity contribution in [3.8, 4) is 10.9 Å². The first kappa shape index (κ1) is 10.9. The fourth-order valence-electron chi connectivity index (χ4n) is 0.938. The molecule has 0 radical (unpaired) electrons. The number of aromatic nitrogens is 1. The minimum Gasteiger partial charge on any atom is -0.429 e. The number of halogens is 3. The van der Waals surface area contributed by atoms with Crippen LogP contribution in [0.5, 0.6) is 10.9 Å². The molecule has 78 valence electrons. The Morgan fingerprint density at radius 2 is 2.27 bits per heavy atom. The van der Waals surface area contributed by atoms with Gasteiger partial charge in [-0.3, -0.25) is 0 Å². The van der Waals surface area contributed by atoms with Crippen molar-refractivity contribution in [2.75, 3.05) is 0 Å². The van der Waals surface area contributed by atoms with Crippen LogP contribution in [0.4, 0.5) is 4.39 Å². The van der Waals surface area contributed by atoms with Crippen molar-refractivity contribution in [3.63, 3.8) is 0 Å². The van der Waals surface area contributed by atoms with Crippen LogP contribution < -0.4 is 4.74 Å². The Labute approximate surface area is 103 Å². The third-order valence-electron chi connectivity index (χ3n) is 1.55. The highest BCUT2D eigenvalue weighted by molar-refractivity contribution is 9.10. The van der Waals surface area contributed by atoms with E-state index in [9.17, 15) is 4.39 Å². The van der Waals surface area contributed by atoms with E-state index in [1.54, 1.807) is 5.38 Å². The smallest absolute Gasteiger partial charge is 0.279 e. The van der Waals surface area contributed by atoms with Gasteiger partial charge >= 0.3 is 0 Å². The Morgan fingerprint density at radius 1 is 1.47 bits per heavy atom. The average molecular weight is 309 g/mol. The molecule has 2 aromatic rings. The summed E-state index contributed by atoms with van der Waals surface area (Å²) < 4.78 is 18.8. The Bertz CT molecular complexity index is 491. The van der Waals surface area contributed by atoms with Crippen LogP contribution in [-0.4, -0.2) is 4.98 Å². The number of benzene rings is 1. The summed E-state index contributed by atoms with van der Waals surface area (Å²) in [4.78, 5) is 4.03. The lowest BCUT2D eigenvalue weighted by Crippen LogP contribution is -1.85. The molecule has 0 aliphatic carbocycles. The van der Waals surface area contributed by atoms with Gasteiger partial charge in [0.15, 0.2) is 0 Å². The molecule has 1 aromatic heterocycles.